The van der Waals surface area contributed by atoms with Gasteiger partial charge in [-0.3, -0.25) is 0 Å². The molecule has 124 valence electrons. The van der Waals surface area contributed by atoms with Gasteiger partial charge in [0, 0.05) is 24.0 Å². The molecule has 0 atom stereocenters. The molecular formula is C18H16F2N2O2. The summed E-state index contributed by atoms with van der Waals surface area (Å²) in [6.45, 7) is 1.27. The highest BCUT2D eigenvalue weighted by atomic mass is 19.1. The monoisotopic (exact) mass is 330 g/mol. The molecule has 0 saturated heterocycles. The summed E-state index contributed by atoms with van der Waals surface area (Å²) in [5, 5.41) is 0. The first-order chi connectivity index (χ1) is 11.7. The predicted octanol–water partition coefficient (Wildman–Crippen LogP) is 3.82. The van der Waals surface area contributed by atoms with E-state index in [1.807, 2.05) is 10.8 Å². The Hall–Kier alpha value is -2.89. The van der Waals surface area contributed by atoms with Crippen molar-refractivity contribution in [3.63, 3.8) is 0 Å². The summed E-state index contributed by atoms with van der Waals surface area (Å²) >= 11 is 0. The van der Waals surface area contributed by atoms with Crippen LogP contribution in [0.15, 0.2) is 61.2 Å². The topological polar surface area (TPSA) is 36.3 Å². The fraction of sp³-hybridized carbons (Fsp3) is 0.167. The van der Waals surface area contributed by atoms with Crippen LogP contribution in [0.2, 0.25) is 0 Å². The Kier molecular flexibility index (Phi) is 5.05. The average molecular weight is 330 g/mol. The van der Waals surface area contributed by atoms with Crippen molar-refractivity contribution in [1.82, 2.24) is 9.55 Å². The summed E-state index contributed by atoms with van der Waals surface area (Å²) in [6, 6.07) is 10.5. The van der Waals surface area contributed by atoms with Crippen LogP contribution in [0.4, 0.5) is 8.78 Å². The maximum absolute atomic E-state index is 13.5. The van der Waals surface area contributed by atoms with Gasteiger partial charge in [-0.1, -0.05) is 0 Å². The molecule has 6 heteroatoms. The smallest absolute Gasteiger partial charge is 0.132 e. The Bertz CT molecular complexity index is 774. The van der Waals surface area contributed by atoms with Crippen LogP contribution in [0.1, 0.15) is 5.56 Å². The highest BCUT2D eigenvalue weighted by Crippen LogP contribution is 2.19. The second-order valence-corrected chi connectivity index (χ2v) is 5.14. The molecule has 2 aromatic carbocycles. The molecule has 0 fully saturated rings. The lowest BCUT2D eigenvalue weighted by molar-refractivity contribution is 0.290. The molecule has 0 saturated carbocycles. The predicted molar refractivity (Wildman–Crippen MR) is 84.9 cm³/mol. The highest BCUT2D eigenvalue weighted by Gasteiger charge is 2.05. The molecule has 0 radical (unpaired) electrons. The first kappa shape index (κ1) is 16.0. The van der Waals surface area contributed by atoms with E-state index in [1.165, 1.54) is 12.1 Å². The van der Waals surface area contributed by atoms with Crippen molar-refractivity contribution in [3.05, 3.63) is 78.4 Å². The van der Waals surface area contributed by atoms with Crippen LogP contribution < -0.4 is 9.47 Å². The number of benzene rings is 2. The largest absolute Gasteiger partial charge is 0.492 e. The molecule has 1 heterocycles. The van der Waals surface area contributed by atoms with Crippen LogP contribution >= 0.6 is 0 Å². The second-order valence-electron chi connectivity index (χ2n) is 5.14. The van der Waals surface area contributed by atoms with Crippen LogP contribution in [0.5, 0.6) is 11.5 Å². The first-order valence-electron chi connectivity index (χ1n) is 7.46. The zero-order chi connectivity index (χ0) is 16.8. The third-order valence-corrected chi connectivity index (χ3v) is 3.41. The van der Waals surface area contributed by atoms with E-state index in [-0.39, 0.29) is 6.61 Å². The number of halogens is 2. The number of imidazole rings is 1. The first-order valence-corrected chi connectivity index (χ1v) is 7.46. The van der Waals surface area contributed by atoms with Crippen LogP contribution in [-0.2, 0) is 13.2 Å². The Labute approximate surface area is 138 Å². The van der Waals surface area contributed by atoms with Gasteiger partial charge < -0.3 is 14.0 Å². The van der Waals surface area contributed by atoms with Crippen molar-refractivity contribution in [2.24, 2.45) is 0 Å². The van der Waals surface area contributed by atoms with E-state index < -0.39 is 11.6 Å². The Balaban J connectivity index is 1.49. The summed E-state index contributed by atoms with van der Waals surface area (Å²) in [5.41, 5.74) is 0.303. The van der Waals surface area contributed by atoms with Crippen molar-refractivity contribution < 1.29 is 18.3 Å². The molecule has 3 rings (SSSR count). The molecule has 0 amide bonds. The molecule has 0 unspecified atom stereocenters. The van der Waals surface area contributed by atoms with Gasteiger partial charge in [-0.05, 0) is 36.4 Å². The Morgan fingerprint density at radius 2 is 1.71 bits per heavy atom. The van der Waals surface area contributed by atoms with Crippen molar-refractivity contribution in [1.29, 1.82) is 0 Å². The molecule has 0 aliphatic carbocycles. The molecule has 0 spiro atoms. The third-order valence-electron chi connectivity index (χ3n) is 3.41. The molecule has 4 nitrogen and oxygen atoms in total. The maximum Gasteiger partial charge on any atom is 0.132 e. The van der Waals surface area contributed by atoms with Gasteiger partial charge in [-0.25, -0.2) is 13.8 Å². The molecular weight excluding hydrogens is 314 g/mol. The number of ether oxygens (including phenoxy) is 2. The van der Waals surface area contributed by atoms with Gasteiger partial charge in [0.25, 0.3) is 0 Å². The average Bonchev–Trinajstić information content (AvgIpc) is 3.09. The van der Waals surface area contributed by atoms with E-state index in [4.69, 9.17) is 9.47 Å². The SMILES string of the molecule is Fc1ccc(COc2ccc(OCCn3ccnc3)cc2)c(F)c1. The molecule has 0 aliphatic heterocycles. The quantitative estimate of drug-likeness (QED) is 0.661. The number of aromatic nitrogens is 2. The van der Waals surface area contributed by atoms with Gasteiger partial charge in [0.1, 0.15) is 36.3 Å². The van der Waals surface area contributed by atoms with E-state index in [0.29, 0.717) is 24.5 Å². The number of nitrogens with zero attached hydrogens (tertiary/aromatic N) is 2. The van der Waals surface area contributed by atoms with Crippen molar-refractivity contribution in [3.8, 4) is 11.5 Å². The number of rotatable bonds is 7. The molecule has 0 N–H and O–H groups in total. The minimum absolute atomic E-state index is 0.0347. The fourth-order valence-corrected chi connectivity index (χ4v) is 2.12. The number of hydrogen-bond acceptors (Lipinski definition) is 3. The van der Waals surface area contributed by atoms with E-state index >= 15 is 0 Å². The minimum Gasteiger partial charge on any atom is -0.492 e. The summed E-state index contributed by atoms with van der Waals surface area (Å²) in [5.74, 6) is 0.0824. The lowest BCUT2D eigenvalue weighted by atomic mass is 10.2. The molecule has 0 aliphatic rings. The van der Waals surface area contributed by atoms with Crippen molar-refractivity contribution >= 4 is 0 Å². The third kappa shape index (κ3) is 4.32. The van der Waals surface area contributed by atoms with E-state index in [0.717, 1.165) is 11.8 Å². The van der Waals surface area contributed by atoms with E-state index in [9.17, 15) is 8.78 Å². The fourth-order valence-electron chi connectivity index (χ4n) is 2.12. The van der Waals surface area contributed by atoms with Gasteiger partial charge in [-0.2, -0.15) is 0 Å². The maximum atomic E-state index is 13.5. The summed E-state index contributed by atoms with van der Waals surface area (Å²) in [6.07, 6.45) is 5.32. The van der Waals surface area contributed by atoms with Crippen LogP contribution in [-0.4, -0.2) is 16.2 Å². The standard InChI is InChI=1S/C18H16F2N2O2/c19-15-2-1-14(18(20)11-15)12-24-17-5-3-16(4-6-17)23-10-9-22-8-7-21-13-22/h1-8,11,13H,9-10,12H2. The summed E-state index contributed by atoms with van der Waals surface area (Å²) in [7, 11) is 0. The van der Waals surface area contributed by atoms with Crippen LogP contribution in [0.3, 0.4) is 0 Å². The van der Waals surface area contributed by atoms with Gasteiger partial charge in [0.05, 0.1) is 12.9 Å². The Morgan fingerprint density at radius 1 is 0.958 bits per heavy atom. The van der Waals surface area contributed by atoms with E-state index in [2.05, 4.69) is 4.98 Å². The van der Waals surface area contributed by atoms with E-state index in [1.54, 1.807) is 36.8 Å². The Morgan fingerprint density at radius 3 is 2.38 bits per heavy atom. The summed E-state index contributed by atoms with van der Waals surface area (Å²) in [4.78, 5) is 3.96. The highest BCUT2D eigenvalue weighted by molar-refractivity contribution is 5.31. The van der Waals surface area contributed by atoms with Crippen molar-refractivity contribution in [2.75, 3.05) is 6.61 Å². The van der Waals surface area contributed by atoms with Gasteiger partial charge in [-0.15, -0.1) is 0 Å². The summed E-state index contributed by atoms with van der Waals surface area (Å²) < 4.78 is 39.4. The van der Waals surface area contributed by atoms with Crippen molar-refractivity contribution in [2.45, 2.75) is 13.2 Å². The second kappa shape index (κ2) is 7.59. The molecule has 3 aromatic rings. The minimum atomic E-state index is -0.616. The van der Waals surface area contributed by atoms with Crippen LogP contribution in [0.25, 0.3) is 0 Å². The zero-order valence-electron chi connectivity index (χ0n) is 12.9. The lowest BCUT2D eigenvalue weighted by Crippen LogP contribution is -2.06. The normalized spacial score (nSPS) is 10.6. The van der Waals surface area contributed by atoms with Gasteiger partial charge in [0.2, 0.25) is 0 Å². The molecule has 0 bridgehead atoms. The van der Waals surface area contributed by atoms with Gasteiger partial charge >= 0.3 is 0 Å². The zero-order valence-corrected chi connectivity index (χ0v) is 12.9. The van der Waals surface area contributed by atoms with Gasteiger partial charge in [0.15, 0.2) is 0 Å². The lowest BCUT2D eigenvalue weighted by Gasteiger charge is -2.09. The molecule has 24 heavy (non-hydrogen) atoms. The molecule has 1 aromatic heterocycles. The number of hydrogen-bond donors (Lipinski definition) is 0. The van der Waals surface area contributed by atoms with Crippen LogP contribution in [0, 0.1) is 11.6 Å².